The van der Waals surface area contributed by atoms with Crippen LogP contribution in [-0.4, -0.2) is 31.9 Å². The number of nitrogens with two attached hydrogens (primary N) is 1. The first-order chi connectivity index (χ1) is 9.37. The van der Waals surface area contributed by atoms with Crippen LogP contribution < -0.4 is 11.1 Å². The molecule has 1 aromatic carbocycles. The molecule has 1 aromatic rings. The summed E-state index contributed by atoms with van der Waals surface area (Å²) in [6, 6.07) is 6.02. The van der Waals surface area contributed by atoms with Gasteiger partial charge in [-0.2, -0.15) is 0 Å². The minimum Gasteiger partial charge on any atom is -0.370 e. The second-order valence-electron chi connectivity index (χ2n) is 5.36. The number of hydrogen-bond acceptors (Lipinski definition) is 3. The van der Waals surface area contributed by atoms with E-state index in [1.54, 1.807) is 0 Å². The highest BCUT2D eigenvalue weighted by Gasteiger charge is 2.30. The third-order valence-corrected chi connectivity index (χ3v) is 5.68. The Balaban J connectivity index is 2.01. The van der Waals surface area contributed by atoms with Gasteiger partial charge in [0.15, 0.2) is 15.8 Å². The number of nitrogens with one attached hydrogen (secondary N) is 1. The van der Waals surface area contributed by atoms with Gasteiger partial charge in [-0.1, -0.05) is 6.07 Å². The molecule has 0 saturated carbocycles. The van der Waals surface area contributed by atoms with Crippen molar-refractivity contribution in [1.82, 2.24) is 0 Å². The Kier molecular flexibility index (Phi) is 4.32. The molecule has 6 heteroatoms. The van der Waals surface area contributed by atoms with E-state index in [9.17, 15) is 8.42 Å². The molecule has 5 nitrogen and oxygen atoms in total. The molecule has 20 heavy (non-hydrogen) atoms. The number of guanidine groups is 1. The Bertz CT molecular complexity index is 603. The highest BCUT2D eigenvalue weighted by Crippen LogP contribution is 2.20. The van der Waals surface area contributed by atoms with Gasteiger partial charge in [0, 0.05) is 5.69 Å². The second kappa shape index (κ2) is 5.83. The largest absolute Gasteiger partial charge is 0.370 e. The molecule has 1 atom stereocenters. The van der Waals surface area contributed by atoms with Gasteiger partial charge in [-0.3, -0.25) is 4.99 Å². The SMILES string of the molecule is Cc1cc(C)cc(NC(N)=NCC2CCCS2(=O)=O)c1. The van der Waals surface area contributed by atoms with E-state index in [1.165, 1.54) is 0 Å². The number of sulfone groups is 1. The summed E-state index contributed by atoms with van der Waals surface area (Å²) in [5, 5.41) is 2.63. The van der Waals surface area contributed by atoms with Gasteiger partial charge in [0.2, 0.25) is 0 Å². The van der Waals surface area contributed by atoms with Crippen LogP contribution in [0.5, 0.6) is 0 Å². The topological polar surface area (TPSA) is 84.5 Å². The molecule has 1 aliphatic heterocycles. The van der Waals surface area contributed by atoms with E-state index in [4.69, 9.17) is 5.73 Å². The predicted octanol–water partition coefficient (Wildman–Crippen LogP) is 1.61. The predicted molar refractivity (Wildman–Crippen MR) is 82.8 cm³/mol. The normalized spacial score (nSPS) is 21.9. The zero-order valence-corrected chi connectivity index (χ0v) is 12.7. The fourth-order valence-corrected chi connectivity index (χ4v) is 4.23. The van der Waals surface area contributed by atoms with Crippen molar-refractivity contribution in [3.63, 3.8) is 0 Å². The molecule has 1 unspecified atom stereocenters. The van der Waals surface area contributed by atoms with E-state index < -0.39 is 9.84 Å². The Morgan fingerprint density at radius 3 is 2.55 bits per heavy atom. The molecule has 0 spiro atoms. The van der Waals surface area contributed by atoms with Gasteiger partial charge in [-0.25, -0.2) is 8.42 Å². The van der Waals surface area contributed by atoms with Crippen LogP contribution >= 0.6 is 0 Å². The molecule has 1 fully saturated rings. The lowest BCUT2D eigenvalue weighted by atomic mass is 10.1. The average molecular weight is 295 g/mol. The summed E-state index contributed by atoms with van der Waals surface area (Å²) in [5.74, 6) is 0.537. The van der Waals surface area contributed by atoms with E-state index in [-0.39, 0.29) is 23.5 Å². The first kappa shape index (κ1) is 14.8. The summed E-state index contributed by atoms with van der Waals surface area (Å²) in [7, 11) is -2.96. The molecular weight excluding hydrogens is 274 g/mol. The summed E-state index contributed by atoms with van der Waals surface area (Å²) in [6.07, 6.45) is 1.41. The molecule has 0 bridgehead atoms. The van der Waals surface area contributed by atoms with Crippen LogP contribution in [0.25, 0.3) is 0 Å². The number of anilines is 1. The van der Waals surface area contributed by atoms with Gasteiger partial charge >= 0.3 is 0 Å². The molecule has 3 N–H and O–H groups in total. The maximum atomic E-state index is 11.7. The Morgan fingerprint density at radius 1 is 1.35 bits per heavy atom. The van der Waals surface area contributed by atoms with Crippen molar-refractivity contribution < 1.29 is 8.42 Å². The van der Waals surface area contributed by atoms with Crippen molar-refractivity contribution in [2.45, 2.75) is 31.9 Å². The number of rotatable bonds is 3. The minimum absolute atomic E-state index is 0.242. The third-order valence-electron chi connectivity index (χ3n) is 3.42. The highest BCUT2D eigenvalue weighted by molar-refractivity contribution is 7.92. The van der Waals surface area contributed by atoms with Crippen molar-refractivity contribution in [3.8, 4) is 0 Å². The van der Waals surface area contributed by atoms with Crippen LogP contribution in [0.15, 0.2) is 23.2 Å². The maximum absolute atomic E-state index is 11.7. The Morgan fingerprint density at radius 2 is 2.00 bits per heavy atom. The molecule has 110 valence electrons. The van der Waals surface area contributed by atoms with Crippen molar-refractivity contribution >= 4 is 21.5 Å². The monoisotopic (exact) mass is 295 g/mol. The molecule has 1 heterocycles. The lowest BCUT2D eigenvalue weighted by molar-refractivity contribution is 0.590. The first-order valence-corrected chi connectivity index (χ1v) is 8.45. The standard InChI is InChI=1S/C14H21N3O2S/c1-10-6-11(2)8-12(7-10)17-14(15)16-9-13-4-3-5-20(13,18)19/h6-8,13H,3-5,9H2,1-2H3,(H3,15,16,17). The molecule has 0 amide bonds. The van der Waals surface area contributed by atoms with Crippen LogP contribution in [0.2, 0.25) is 0 Å². The van der Waals surface area contributed by atoms with Crippen molar-refractivity contribution in [2.24, 2.45) is 10.7 Å². The summed E-state index contributed by atoms with van der Waals surface area (Å²) in [5.41, 5.74) is 8.97. The lowest BCUT2D eigenvalue weighted by Gasteiger charge is -2.09. The minimum atomic E-state index is -2.96. The summed E-state index contributed by atoms with van der Waals surface area (Å²) >= 11 is 0. The van der Waals surface area contributed by atoms with Crippen LogP contribution in [0.3, 0.4) is 0 Å². The fourth-order valence-electron chi connectivity index (χ4n) is 2.50. The van der Waals surface area contributed by atoms with Crippen LogP contribution in [0.4, 0.5) is 5.69 Å². The van der Waals surface area contributed by atoms with E-state index in [2.05, 4.69) is 16.4 Å². The van der Waals surface area contributed by atoms with Crippen molar-refractivity contribution in [3.05, 3.63) is 29.3 Å². The summed E-state index contributed by atoms with van der Waals surface area (Å²) in [4.78, 5) is 4.16. The summed E-state index contributed by atoms with van der Waals surface area (Å²) < 4.78 is 23.4. The molecule has 0 aromatic heterocycles. The van der Waals surface area contributed by atoms with Crippen LogP contribution in [-0.2, 0) is 9.84 Å². The van der Waals surface area contributed by atoms with Gasteiger partial charge in [-0.15, -0.1) is 0 Å². The molecular formula is C14H21N3O2S. The quantitative estimate of drug-likeness (QED) is 0.655. The molecule has 2 rings (SSSR count). The van der Waals surface area contributed by atoms with E-state index in [0.717, 1.165) is 23.2 Å². The molecule has 1 saturated heterocycles. The van der Waals surface area contributed by atoms with Crippen molar-refractivity contribution in [2.75, 3.05) is 17.6 Å². The van der Waals surface area contributed by atoms with Gasteiger partial charge in [-0.05, 0) is 49.9 Å². The first-order valence-electron chi connectivity index (χ1n) is 6.73. The zero-order chi connectivity index (χ0) is 14.8. The number of aliphatic imine (C=N–C) groups is 1. The van der Waals surface area contributed by atoms with E-state index in [1.807, 2.05) is 26.0 Å². The molecule has 1 aliphatic rings. The number of aryl methyl sites for hydroxylation is 2. The number of hydrogen-bond donors (Lipinski definition) is 2. The van der Waals surface area contributed by atoms with Crippen molar-refractivity contribution in [1.29, 1.82) is 0 Å². The second-order valence-corrected chi connectivity index (χ2v) is 7.76. The van der Waals surface area contributed by atoms with Gasteiger partial charge in [0.05, 0.1) is 17.5 Å². The fraction of sp³-hybridized carbons (Fsp3) is 0.500. The van der Waals surface area contributed by atoms with Gasteiger partial charge in [0.1, 0.15) is 0 Å². The third kappa shape index (κ3) is 3.72. The Labute approximate surface area is 120 Å². The molecule has 0 radical (unpaired) electrons. The lowest BCUT2D eigenvalue weighted by Crippen LogP contribution is -2.26. The van der Waals surface area contributed by atoms with Crippen LogP contribution in [0.1, 0.15) is 24.0 Å². The van der Waals surface area contributed by atoms with Gasteiger partial charge < -0.3 is 11.1 Å². The van der Waals surface area contributed by atoms with E-state index in [0.29, 0.717) is 6.42 Å². The molecule has 0 aliphatic carbocycles. The number of nitrogens with zero attached hydrogens (tertiary/aromatic N) is 1. The number of benzene rings is 1. The van der Waals surface area contributed by atoms with Crippen LogP contribution in [0, 0.1) is 13.8 Å². The zero-order valence-electron chi connectivity index (χ0n) is 11.9. The summed E-state index contributed by atoms with van der Waals surface area (Å²) in [6.45, 7) is 4.26. The maximum Gasteiger partial charge on any atom is 0.193 e. The van der Waals surface area contributed by atoms with E-state index >= 15 is 0 Å². The highest BCUT2D eigenvalue weighted by atomic mass is 32.2. The Hall–Kier alpha value is -1.56. The van der Waals surface area contributed by atoms with Gasteiger partial charge in [0.25, 0.3) is 0 Å². The average Bonchev–Trinajstić information content (AvgIpc) is 2.64. The smallest absolute Gasteiger partial charge is 0.193 e.